The highest BCUT2D eigenvalue weighted by Gasteiger charge is 2.55. The molecule has 41 heavy (non-hydrogen) atoms. The van der Waals surface area contributed by atoms with Crippen LogP contribution in [0.15, 0.2) is 36.7 Å². The molecule has 0 spiro atoms. The number of benzene rings is 1. The molecule has 1 radical (unpaired) electrons. The van der Waals surface area contributed by atoms with Gasteiger partial charge in [-0.1, -0.05) is 35.8 Å². The van der Waals surface area contributed by atoms with Crippen LogP contribution in [-0.2, 0) is 32.5 Å². The van der Waals surface area contributed by atoms with E-state index < -0.39 is 43.9 Å². The van der Waals surface area contributed by atoms with Crippen LogP contribution in [-0.4, -0.2) is 81.8 Å². The first-order chi connectivity index (χ1) is 19.4. The summed E-state index contributed by atoms with van der Waals surface area (Å²) in [6, 6.07) is 9.22. The number of nitrogens with two attached hydrogens (primary N) is 1. The summed E-state index contributed by atoms with van der Waals surface area (Å²) in [5.74, 6) is -0.383. The highest BCUT2D eigenvalue weighted by atomic mass is 31.1. The molecule has 4 rings (SSSR count). The molecule has 0 bridgehead atoms. The molecule has 2 aromatic heterocycles. The number of carbonyl (C=O) groups is 1. The van der Waals surface area contributed by atoms with Gasteiger partial charge in [-0.05, 0) is 27.7 Å². The number of aliphatic hydroxyl groups is 1. The van der Waals surface area contributed by atoms with E-state index >= 15 is 0 Å². The van der Waals surface area contributed by atoms with E-state index in [4.69, 9.17) is 33.6 Å². The van der Waals surface area contributed by atoms with Gasteiger partial charge in [0.1, 0.15) is 36.6 Å². The van der Waals surface area contributed by atoms with E-state index in [0.717, 1.165) is 5.46 Å². The zero-order valence-corrected chi connectivity index (χ0v) is 24.3. The zero-order chi connectivity index (χ0) is 29.8. The number of aromatic nitrogens is 4. The molecule has 1 fully saturated rings. The average molecular weight is 589 g/mol. The van der Waals surface area contributed by atoms with Gasteiger partial charge in [0.05, 0.1) is 19.9 Å². The first kappa shape index (κ1) is 30.8. The second kappa shape index (κ2) is 12.8. The lowest BCUT2D eigenvalue weighted by Crippen LogP contribution is -2.47. The second-order valence-corrected chi connectivity index (χ2v) is 11.4. The maximum atomic E-state index is 12.4. The molecular formula is C25H33BN5O9P+. The maximum absolute atomic E-state index is 12.4. The summed E-state index contributed by atoms with van der Waals surface area (Å²) in [4.78, 5) is 24.5. The van der Waals surface area contributed by atoms with Gasteiger partial charge in [0.2, 0.25) is 11.8 Å². The van der Waals surface area contributed by atoms with Crippen LogP contribution in [0.4, 0.5) is 5.95 Å². The largest absolute Gasteiger partial charge is 0.697 e. The standard InChI is InChI=1S/C25H33BN5O9P/c1-24(2,3)39-17(32)11-12-36-41(34)37-13-16-19(40-26-15-9-7-6-8-10-15)25(4,33)22(38-16)31-14-28-18-20(31)29-23(27)30-21(18)35-5/h6-10,14,16,19,22,33H,11-13H2,1-5H3,(H2,27,29,30)/q+1. The molecule has 3 heterocycles. The van der Waals surface area contributed by atoms with Crippen molar-refractivity contribution in [3.8, 4) is 5.88 Å². The molecule has 16 heteroatoms. The SMILES string of the molecule is COc1nc(N)nc2c1ncn2C1OC(CO[P+](=O)OCCC(=O)OC(C)(C)C)C(O[B]c2ccccc2)C1(C)O. The van der Waals surface area contributed by atoms with Gasteiger partial charge in [-0.25, -0.2) is 4.98 Å². The number of anilines is 1. The van der Waals surface area contributed by atoms with Crippen LogP contribution < -0.4 is 15.9 Å². The average Bonchev–Trinajstić information content (AvgIpc) is 3.42. The lowest BCUT2D eigenvalue weighted by molar-refractivity contribution is -0.155. The Kier molecular flexibility index (Phi) is 9.57. The summed E-state index contributed by atoms with van der Waals surface area (Å²) in [5.41, 5.74) is 4.89. The van der Waals surface area contributed by atoms with Gasteiger partial charge in [0.25, 0.3) is 0 Å². The molecule has 0 aliphatic carbocycles. The summed E-state index contributed by atoms with van der Waals surface area (Å²) in [5, 5.41) is 11.7. The van der Waals surface area contributed by atoms with Crippen LogP contribution in [0.25, 0.3) is 11.2 Å². The number of fused-ring (bicyclic) bond motifs is 1. The van der Waals surface area contributed by atoms with Gasteiger partial charge in [0, 0.05) is 4.57 Å². The molecule has 0 saturated carbocycles. The van der Waals surface area contributed by atoms with E-state index in [1.165, 1.54) is 32.4 Å². The lowest BCUT2D eigenvalue weighted by atomic mass is 9.86. The Labute approximate surface area is 238 Å². The third-order valence-electron chi connectivity index (χ3n) is 5.99. The van der Waals surface area contributed by atoms with Crippen molar-refractivity contribution in [2.24, 2.45) is 0 Å². The monoisotopic (exact) mass is 589 g/mol. The number of imidazole rings is 1. The Balaban J connectivity index is 1.49. The molecule has 1 aliphatic rings. The topological polar surface area (TPSA) is 179 Å². The summed E-state index contributed by atoms with van der Waals surface area (Å²) in [7, 11) is 0.297. The minimum Gasteiger partial charge on any atom is -0.479 e. The number of nitrogens with zero attached hydrogens (tertiary/aromatic N) is 4. The van der Waals surface area contributed by atoms with Crippen molar-refractivity contribution < 1.29 is 42.4 Å². The minimum absolute atomic E-state index is 0.0561. The van der Waals surface area contributed by atoms with Gasteiger partial charge in [0.15, 0.2) is 17.4 Å². The van der Waals surface area contributed by atoms with Crippen molar-refractivity contribution in [2.75, 3.05) is 26.1 Å². The van der Waals surface area contributed by atoms with E-state index in [-0.39, 0.29) is 37.1 Å². The number of hydrogen-bond donors (Lipinski definition) is 2. The molecular weight excluding hydrogens is 556 g/mol. The Morgan fingerprint density at radius 1 is 1.24 bits per heavy atom. The predicted molar refractivity (Wildman–Crippen MR) is 147 cm³/mol. The van der Waals surface area contributed by atoms with E-state index in [2.05, 4.69) is 15.0 Å². The molecule has 1 aliphatic heterocycles. The van der Waals surface area contributed by atoms with Gasteiger partial charge in [-0.2, -0.15) is 9.97 Å². The number of hydrogen-bond acceptors (Lipinski definition) is 13. The Bertz CT molecular complexity index is 1370. The molecule has 5 atom stereocenters. The van der Waals surface area contributed by atoms with Gasteiger partial charge in [-0.15, -0.1) is 9.05 Å². The molecule has 3 N–H and O–H groups in total. The van der Waals surface area contributed by atoms with Crippen LogP contribution in [0.5, 0.6) is 5.88 Å². The second-order valence-electron chi connectivity index (χ2n) is 10.4. The molecule has 219 valence electrons. The summed E-state index contributed by atoms with van der Waals surface area (Å²) in [6.07, 6.45) is -1.65. The van der Waals surface area contributed by atoms with Crippen LogP contribution in [0.1, 0.15) is 40.3 Å². The Hall–Kier alpha value is -3.20. The van der Waals surface area contributed by atoms with Gasteiger partial charge < -0.3 is 29.7 Å². The van der Waals surface area contributed by atoms with Crippen molar-refractivity contribution in [2.45, 2.75) is 63.8 Å². The molecule has 3 aromatic rings. The van der Waals surface area contributed by atoms with Crippen LogP contribution >= 0.6 is 8.25 Å². The van der Waals surface area contributed by atoms with Crippen molar-refractivity contribution >= 4 is 44.3 Å². The Morgan fingerprint density at radius 3 is 2.66 bits per heavy atom. The van der Waals surface area contributed by atoms with E-state index in [9.17, 15) is 14.5 Å². The molecule has 14 nitrogen and oxygen atoms in total. The van der Waals surface area contributed by atoms with Crippen molar-refractivity contribution in [3.05, 3.63) is 36.7 Å². The van der Waals surface area contributed by atoms with Crippen LogP contribution in [0, 0.1) is 0 Å². The number of ether oxygens (including phenoxy) is 3. The fourth-order valence-corrected chi connectivity index (χ4v) is 4.85. The van der Waals surface area contributed by atoms with Gasteiger partial charge in [-0.3, -0.25) is 9.36 Å². The first-order valence-electron chi connectivity index (χ1n) is 12.8. The molecule has 0 amide bonds. The van der Waals surface area contributed by atoms with Gasteiger partial charge >= 0.3 is 21.7 Å². The third kappa shape index (κ3) is 7.56. The third-order valence-corrected chi connectivity index (χ3v) is 6.74. The number of nitrogen functional groups attached to an aromatic ring is 1. The first-order valence-corrected chi connectivity index (χ1v) is 13.9. The number of methoxy groups -OCH3 is 1. The van der Waals surface area contributed by atoms with Crippen molar-refractivity contribution in [1.82, 2.24) is 19.5 Å². The quantitative estimate of drug-likeness (QED) is 0.178. The Morgan fingerprint density at radius 2 is 1.98 bits per heavy atom. The van der Waals surface area contributed by atoms with Crippen LogP contribution in [0.3, 0.4) is 0 Å². The minimum atomic E-state index is -2.62. The van der Waals surface area contributed by atoms with Crippen molar-refractivity contribution in [1.29, 1.82) is 0 Å². The fourth-order valence-electron chi connectivity index (χ4n) is 4.26. The summed E-state index contributed by atoms with van der Waals surface area (Å²) in [6.45, 7) is 6.34. The highest BCUT2D eigenvalue weighted by molar-refractivity contribution is 7.33. The van der Waals surface area contributed by atoms with Crippen molar-refractivity contribution in [3.63, 3.8) is 0 Å². The zero-order valence-electron chi connectivity index (χ0n) is 23.4. The number of carbonyl (C=O) groups excluding carboxylic acids is 1. The maximum Gasteiger partial charge on any atom is 0.697 e. The molecule has 1 saturated heterocycles. The predicted octanol–water partition coefficient (Wildman–Crippen LogP) is 1.82. The normalized spacial score (nSPS) is 23.0. The van der Waals surface area contributed by atoms with E-state index in [1.54, 1.807) is 20.8 Å². The highest BCUT2D eigenvalue weighted by Crippen LogP contribution is 2.42. The van der Waals surface area contributed by atoms with E-state index in [1.807, 2.05) is 30.3 Å². The molecule has 5 unspecified atom stereocenters. The summed E-state index contributed by atoms with van der Waals surface area (Å²) < 4.78 is 47.2. The van der Waals surface area contributed by atoms with Crippen LogP contribution in [0.2, 0.25) is 0 Å². The summed E-state index contributed by atoms with van der Waals surface area (Å²) >= 11 is 0. The number of esters is 1. The smallest absolute Gasteiger partial charge is 0.479 e. The lowest BCUT2D eigenvalue weighted by Gasteiger charge is -2.30. The number of rotatable bonds is 12. The fraction of sp³-hybridized carbons (Fsp3) is 0.520. The van der Waals surface area contributed by atoms with E-state index in [0.29, 0.717) is 5.52 Å². The molecule has 1 aromatic carbocycles.